The van der Waals surface area contributed by atoms with E-state index in [1.165, 1.54) is 12.0 Å². The molecule has 0 aromatic heterocycles. The van der Waals surface area contributed by atoms with Gasteiger partial charge >= 0.3 is 0 Å². The van der Waals surface area contributed by atoms with Crippen LogP contribution in [0, 0.1) is 0 Å². The number of carbonyl (C=O) groups is 1. The molecule has 0 heterocycles. The van der Waals surface area contributed by atoms with Gasteiger partial charge in [-0.05, 0) is 45.1 Å². The van der Waals surface area contributed by atoms with E-state index in [-0.39, 0.29) is 0 Å². The molecule has 0 spiro atoms. The molecule has 1 heteroatoms. The minimum Gasteiger partial charge on any atom is -0.295 e. The number of allylic oxidation sites excluding steroid dienone is 4. The first-order valence-electron chi connectivity index (χ1n) is 5.16. The molecule has 1 aliphatic rings. The highest BCUT2D eigenvalue weighted by Gasteiger charge is 2.08. The van der Waals surface area contributed by atoms with Gasteiger partial charge in [0, 0.05) is 6.42 Å². The molecule has 1 rings (SSSR count). The van der Waals surface area contributed by atoms with Crippen molar-refractivity contribution in [2.45, 2.75) is 45.4 Å². The van der Waals surface area contributed by atoms with E-state index in [0.29, 0.717) is 5.78 Å². The molecule has 0 unspecified atom stereocenters. The molecule has 0 amide bonds. The van der Waals surface area contributed by atoms with Crippen LogP contribution in [0.3, 0.4) is 0 Å². The lowest BCUT2D eigenvalue weighted by Gasteiger charge is -2.10. The summed E-state index contributed by atoms with van der Waals surface area (Å²) < 4.78 is 0. The molecule has 0 radical (unpaired) electrons. The summed E-state index contributed by atoms with van der Waals surface area (Å²) in [5.74, 6) is 0.326. The number of unbranched alkanes of at least 4 members (excludes halogenated alkanes) is 1. The fraction of sp³-hybridized carbons (Fsp3) is 0.583. The van der Waals surface area contributed by atoms with Crippen molar-refractivity contribution in [1.29, 1.82) is 0 Å². The lowest BCUT2D eigenvalue weighted by molar-refractivity contribution is -0.115. The minimum atomic E-state index is 0.326. The lowest BCUT2D eigenvalue weighted by atomic mass is 9.95. The Kier molecular flexibility index (Phi) is 4.52. The smallest absolute Gasteiger partial charge is 0.155 e. The Morgan fingerprint density at radius 1 is 1.46 bits per heavy atom. The summed E-state index contributed by atoms with van der Waals surface area (Å²) in [7, 11) is 0. The van der Waals surface area contributed by atoms with Crippen LogP contribution in [0.25, 0.3) is 0 Å². The topological polar surface area (TPSA) is 17.1 Å². The third kappa shape index (κ3) is 4.07. The maximum absolute atomic E-state index is 11.1. The van der Waals surface area contributed by atoms with Gasteiger partial charge in [0.2, 0.25) is 0 Å². The van der Waals surface area contributed by atoms with E-state index in [4.69, 9.17) is 0 Å². The summed E-state index contributed by atoms with van der Waals surface area (Å²) in [4.78, 5) is 11.1. The van der Waals surface area contributed by atoms with Crippen molar-refractivity contribution in [2.24, 2.45) is 0 Å². The van der Waals surface area contributed by atoms with Crippen molar-refractivity contribution >= 4 is 5.78 Å². The van der Waals surface area contributed by atoms with Gasteiger partial charge in [-0.1, -0.05) is 17.7 Å². The first-order valence-corrected chi connectivity index (χ1v) is 5.16. The molecule has 1 nitrogen and oxygen atoms in total. The summed E-state index contributed by atoms with van der Waals surface area (Å²) in [6.45, 7) is 2.05. The Balaban J connectivity index is 2.24. The molecular weight excluding hydrogens is 160 g/mol. The Hall–Kier alpha value is -0.850. The quantitative estimate of drug-likeness (QED) is 0.476. The van der Waals surface area contributed by atoms with Gasteiger partial charge in [0.1, 0.15) is 0 Å². The van der Waals surface area contributed by atoms with Crippen molar-refractivity contribution in [3.63, 3.8) is 0 Å². The number of ketones is 1. The van der Waals surface area contributed by atoms with Crippen LogP contribution < -0.4 is 0 Å². The third-order valence-electron chi connectivity index (χ3n) is 2.39. The summed E-state index contributed by atoms with van der Waals surface area (Å²) in [5, 5.41) is 0. The van der Waals surface area contributed by atoms with Crippen LogP contribution in [0.5, 0.6) is 0 Å². The first kappa shape index (κ1) is 10.2. The predicted molar refractivity (Wildman–Crippen MR) is 55.6 cm³/mol. The Morgan fingerprint density at radius 3 is 3.00 bits per heavy atom. The number of rotatable bonds is 4. The van der Waals surface area contributed by atoms with E-state index in [9.17, 15) is 4.79 Å². The van der Waals surface area contributed by atoms with Crippen molar-refractivity contribution in [1.82, 2.24) is 0 Å². The van der Waals surface area contributed by atoms with E-state index in [1.54, 1.807) is 0 Å². The molecule has 0 aromatic rings. The SMILES string of the molecule is C/C=C\CCCC1=CC(=O)CCC1. The molecule has 0 N–H and O–H groups in total. The zero-order valence-electron chi connectivity index (χ0n) is 8.38. The van der Waals surface area contributed by atoms with Gasteiger partial charge in [-0.3, -0.25) is 4.79 Å². The standard InChI is InChI=1S/C12H18O/c1-2-3-4-5-7-11-8-6-9-12(13)10-11/h2-3,10H,4-9H2,1H3/b3-2-. The van der Waals surface area contributed by atoms with Crippen LogP contribution in [-0.4, -0.2) is 5.78 Å². The van der Waals surface area contributed by atoms with Gasteiger partial charge in [0.05, 0.1) is 0 Å². The molecule has 0 aromatic carbocycles. The number of carbonyl (C=O) groups excluding carboxylic acids is 1. The van der Waals surface area contributed by atoms with Crippen molar-refractivity contribution in [2.75, 3.05) is 0 Å². The fourth-order valence-corrected chi connectivity index (χ4v) is 1.67. The highest BCUT2D eigenvalue weighted by molar-refractivity contribution is 5.91. The van der Waals surface area contributed by atoms with Gasteiger partial charge in [-0.25, -0.2) is 0 Å². The fourth-order valence-electron chi connectivity index (χ4n) is 1.67. The predicted octanol–water partition coefficient (Wildman–Crippen LogP) is 3.41. The Bertz CT molecular complexity index is 223. The molecule has 72 valence electrons. The largest absolute Gasteiger partial charge is 0.295 e. The number of hydrogen-bond acceptors (Lipinski definition) is 1. The zero-order chi connectivity index (χ0) is 9.52. The van der Waals surface area contributed by atoms with E-state index >= 15 is 0 Å². The highest BCUT2D eigenvalue weighted by atomic mass is 16.1. The number of hydrogen-bond donors (Lipinski definition) is 0. The second-order valence-electron chi connectivity index (χ2n) is 3.58. The van der Waals surface area contributed by atoms with E-state index in [1.807, 2.05) is 13.0 Å². The van der Waals surface area contributed by atoms with Gasteiger partial charge in [-0.2, -0.15) is 0 Å². The van der Waals surface area contributed by atoms with Crippen LogP contribution >= 0.6 is 0 Å². The molecular formula is C12H18O. The first-order chi connectivity index (χ1) is 6.33. The average Bonchev–Trinajstić information content (AvgIpc) is 2.13. The van der Waals surface area contributed by atoms with E-state index < -0.39 is 0 Å². The summed E-state index contributed by atoms with van der Waals surface area (Å²) in [6, 6.07) is 0. The van der Waals surface area contributed by atoms with Crippen molar-refractivity contribution < 1.29 is 4.79 Å². The molecule has 13 heavy (non-hydrogen) atoms. The van der Waals surface area contributed by atoms with Crippen LogP contribution in [0.4, 0.5) is 0 Å². The van der Waals surface area contributed by atoms with Crippen LogP contribution in [-0.2, 0) is 4.79 Å². The minimum absolute atomic E-state index is 0.326. The van der Waals surface area contributed by atoms with Gasteiger partial charge in [0.15, 0.2) is 5.78 Å². The molecule has 0 bridgehead atoms. The monoisotopic (exact) mass is 178 g/mol. The van der Waals surface area contributed by atoms with Crippen LogP contribution in [0.1, 0.15) is 45.4 Å². The van der Waals surface area contributed by atoms with Gasteiger partial charge in [-0.15, -0.1) is 0 Å². The van der Waals surface area contributed by atoms with E-state index in [2.05, 4.69) is 12.2 Å². The third-order valence-corrected chi connectivity index (χ3v) is 2.39. The molecule has 0 atom stereocenters. The molecule has 1 aliphatic carbocycles. The van der Waals surface area contributed by atoms with E-state index in [0.717, 1.165) is 32.1 Å². The average molecular weight is 178 g/mol. The Morgan fingerprint density at radius 2 is 2.31 bits per heavy atom. The van der Waals surface area contributed by atoms with Gasteiger partial charge < -0.3 is 0 Å². The van der Waals surface area contributed by atoms with Crippen molar-refractivity contribution in [3.8, 4) is 0 Å². The van der Waals surface area contributed by atoms with Crippen molar-refractivity contribution in [3.05, 3.63) is 23.8 Å². The lowest BCUT2D eigenvalue weighted by Crippen LogP contribution is -2.02. The second-order valence-corrected chi connectivity index (χ2v) is 3.58. The van der Waals surface area contributed by atoms with Crippen LogP contribution in [0.2, 0.25) is 0 Å². The second kappa shape index (κ2) is 5.74. The van der Waals surface area contributed by atoms with Gasteiger partial charge in [0.25, 0.3) is 0 Å². The molecule has 0 saturated carbocycles. The maximum atomic E-state index is 11.1. The summed E-state index contributed by atoms with van der Waals surface area (Å²) in [5.41, 5.74) is 1.36. The highest BCUT2D eigenvalue weighted by Crippen LogP contribution is 2.20. The molecule has 0 saturated heterocycles. The molecule has 0 fully saturated rings. The molecule has 0 aliphatic heterocycles. The summed E-state index contributed by atoms with van der Waals surface area (Å²) >= 11 is 0. The Labute approximate surface area is 80.5 Å². The van der Waals surface area contributed by atoms with Crippen LogP contribution in [0.15, 0.2) is 23.8 Å². The summed E-state index contributed by atoms with van der Waals surface area (Å²) in [6.07, 6.45) is 12.5. The maximum Gasteiger partial charge on any atom is 0.155 e. The normalized spacial score (nSPS) is 17.9. The zero-order valence-corrected chi connectivity index (χ0v) is 8.38.